The van der Waals surface area contributed by atoms with Crippen LogP contribution in [0.3, 0.4) is 0 Å². The number of anilines is 1. The predicted octanol–water partition coefficient (Wildman–Crippen LogP) is 8.19. The van der Waals surface area contributed by atoms with Gasteiger partial charge < -0.3 is 14.5 Å². The van der Waals surface area contributed by atoms with E-state index in [0.717, 1.165) is 73.7 Å². The zero-order valence-electron chi connectivity index (χ0n) is 23.7. The minimum Gasteiger partial charge on any atom is -0.453 e. The molecule has 0 bridgehead atoms. The third-order valence-electron chi connectivity index (χ3n) is 7.30. The number of nitrogens with zero attached hydrogens (tertiary/aromatic N) is 4. The minimum absolute atomic E-state index is 0.0492. The van der Waals surface area contributed by atoms with Crippen molar-refractivity contribution in [3.63, 3.8) is 0 Å². The summed E-state index contributed by atoms with van der Waals surface area (Å²) in [7, 11) is -1.14. The fourth-order valence-electron chi connectivity index (χ4n) is 5.15. The van der Waals surface area contributed by atoms with Crippen molar-refractivity contribution < 1.29 is 9.15 Å². The molecule has 3 aromatic heterocycles. The molecule has 6 aromatic rings. The average Bonchev–Trinajstić information content (AvgIpc) is 3.52. The number of hydrogen-bond donors (Lipinski definition) is 1. The molecule has 0 saturated heterocycles. The Hall–Kier alpha value is -4.01. The van der Waals surface area contributed by atoms with E-state index in [1.807, 2.05) is 53.3 Å². The smallest absolute Gasteiger partial charge is 0.161 e. The molecule has 204 valence electrons. The molecule has 0 aliphatic heterocycles. The molecule has 0 unspecified atom stereocenters. The van der Waals surface area contributed by atoms with E-state index < -0.39 is 8.07 Å². The molecule has 0 aliphatic rings. The van der Waals surface area contributed by atoms with Crippen molar-refractivity contribution in [3.05, 3.63) is 84.1 Å². The molecule has 7 nitrogen and oxygen atoms in total. The molecular weight excluding hydrogens is 514 g/mol. The summed E-state index contributed by atoms with van der Waals surface area (Å²) in [4.78, 5) is 4.72. The summed E-state index contributed by atoms with van der Waals surface area (Å²) in [6.45, 7) is 12.5. The second-order valence-electron chi connectivity index (χ2n) is 11.7. The largest absolute Gasteiger partial charge is 0.453 e. The molecule has 1 atom stereocenters. The van der Waals surface area contributed by atoms with Crippen LogP contribution in [0.1, 0.15) is 24.1 Å². The quantitative estimate of drug-likeness (QED) is 0.145. The molecule has 0 amide bonds. The van der Waals surface area contributed by atoms with Gasteiger partial charge in [-0.25, -0.2) is 4.68 Å². The second kappa shape index (κ2) is 10.5. The van der Waals surface area contributed by atoms with Crippen LogP contribution in [0, 0.1) is 6.92 Å². The van der Waals surface area contributed by atoms with Crippen LogP contribution < -0.4 is 5.32 Å². The van der Waals surface area contributed by atoms with Gasteiger partial charge in [-0.1, -0.05) is 67.3 Å². The predicted molar refractivity (Wildman–Crippen MR) is 165 cm³/mol. The lowest BCUT2D eigenvalue weighted by Gasteiger charge is -2.17. The Morgan fingerprint density at radius 2 is 1.80 bits per heavy atom. The molecule has 40 heavy (non-hydrogen) atoms. The maximum atomic E-state index is 6.61. The summed E-state index contributed by atoms with van der Waals surface area (Å²) >= 11 is 0. The average molecular weight is 550 g/mol. The summed E-state index contributed by atoms with van der Waals surface area (Å²) in [6, 6.07) is 23.9. The fraction of sp³-hybridized carbons (Fsp3) is 0.281. The Bertz CT molecular complexity index is 1800. The summed E-state index contributed by atoms with van der Waals surface area (Å²) < 4.78 is 14.4. The molecule has 3 aromatic carbocycles. The van der Waals surface area contributed by atoms with Gasteiger partial charge in [0.05, 0.1) is 17.2 Å². The number of furan rings is 1. The standard InChI is InChI=1S/C32H35N5O2Si/c1-21-18-25(31-26(19-21)29-32(39-31)24(14-15-33-29)23-10-7-6-8-11-23)22(2)34-27-12-9-13-28-30(27)35-36-37(28)20-38-16-17-40(3,4)5/h6-15,18-19,22,34H,16-17,20H2,1-5H3/t22-/m1/s1. The number of rotatable bonds is 9. The first kappa shape index (κ1) is 26.2. The highest BCUT2D eigenvalue weighted by Gasteiger charge is 2.20. The lowest BCUT2D eigenvalue weighted by molar-refractivity contribution is 0.0803. The van der Waals surface area contributed by atoms with Gasteiger partial charge in [0.15, 0.2) is 5.58 Å². The topological polar surface area (TPSA) is 78.0 Å². The first-order valence-electron chi connectivity index (χ1n) is 13.8. The maximum absolute atomic E-state index is 6.61. The minimum atomic E-state index is -1.14. The molecule has 0 spiro atoms. The van der Waals surface area contributed by atoms with Gasteiger partial charge in [-0.3, -0.25) is 4.98 Å². The van der Waals surface area contributed by atoms with E-state index in [9.17, 15) is 0 Å². The normalized spacial score (nSPS) is 12.9. The van der Waals surface area contributed by atoms with Crippen LogP contribution in [0.2, 0.25) is 25.7 Å². The number of aryl methyl sites for hydroxylation is 1. The molecule has 6 rings (SSSR count). The molecular formula is C32H35N5O2Si. The number of ether oxygens (including phenoxy) is 1. The van der Waals surface area contributed by atoms with Gasteiger partial charge >= 0.3 is 0 Å². The van der Waals surface area contributed by atoms with Crippen molar-refractivity contribution in [2.75, 3.05) is 11.9 Å². The summed E-state index contributed by atoms with van der Waals surface area (Å²) in [6.07, 6.45) is 1.86. The van der Waals surface area contributed by atoms with Gasteiger partial charge in [0.2, 0.25) is 0 Å². The van der Waals surface area contributed by atoms with E-state index in [-0.39, 0.29) is 6.04 Å². The molecule has 8 heteroatoms. The maximum Gasteiger partial charge on any atom is 0.161 e. The van der Waals surface area contributed by atoms with Gasteiger partial charge in [-0.05, 0) is 55.3 Å². The number of pyridine rings is 1. The van der Waals surface area contributed by atoms with Crippen LogP contribution in [0.5, 0.6) is 0 Å². The van der Waals surface area contributed by atoms with Crippen molar-refractivity contribution in [2.45, 2.75) is 52.3 Å². The highest BCUT2D eigenvalue weighted by atomic mass is 28.3. The van der Waals surface area contributed by atoms with Crippen molar-refractivity contribution in [2.24, 2.45) is 0 Å². The molecule has 0 aliphatic carbocycles. The van der Waals surface area contributed by atoms with Gasteiger partial charge in [-0.2, -0.15) is 0 Å². The molecule has 3 heterocycles. The number of benzene rings is 3. The van der Waals surface area contributed by atoms with Crippen molar-refractivity contribution in [1.29, 1.82) is 0 Å². The third kappa shape index (κ3) is 5.12. The molecule has 0 fully saturated rings. The van der Waals surface area contributed by atoms with E-state index >= 15 is 0 Å². The van der Waals surface area contributed by atoms with E-state index in [2.05, 4.69) is 73.4 Å². The second-order valence-corrected chi connectivity index (χ2v) is 17.3. The van der Waals surface area contributed by atoms with Crippen molar-refractivity contribution >= 4 is 46.9 Å². The summed E-state index contributed by atoms with van der Waals surface area (Å²) in [5.41, 5.74) is 9.61. The van der Waals surface area contributed by atoms with Crippen LogP contribution in [0.4, 0.5) is 5.69 Å². The fourth-order valence-corrected chi connectivity index (χ4v) is 5.90. The summed E-state index contributed by atoms with van der Waals surface area (Å²) in [5.74, 6) is 0. The molecule has 0 radical (unpaired) electrons. The van der Waals surface area contributed by atoms with Crippen LogP contribution in [0.25, 0.3) is 44.2 Å². The first-order chi connectivity index (χ1) is 19.3. The van der Waals surface area contributed by atoms with Crippen LogP contribution in [-0.4, -0.2) is 34.7 Å². The Morgan fingerprint density at radius 3 is 2.60 bits per heavy atom. The van der Waals surface area contributed by atoms with Gasteiger partial charge in [0.25, 0.3) is 0 Å². The van der Waals surface area contributed by atoms with Crippen molar-refractivity contribution in [1.82, 2.24) is 20.0 Å². The number of aromatic nitrogens is 4. The van der Waals surface area contributed by atoms with Crippen LogP contribution in [-0.2, 0) is 11.5 Å². The SMILES string of the molecule is Cc1cc([C@@H](C)Nc2cccc3c2nnn3COCC[Si](C)(C)C)c2oc3c(-c4ccccc4)ccnc3c2c1. The zero-order valence-corrected chi connectivity index (χ0v) is 24.7. The molecule has 0 saturated carbocycles. The Morgan fingerprint density at radius 1 is 0.975 bits per heavy atom. The number of fused-ring (bicyclic) bond motifs is 4. The summed E-state index contributed by atoms with van der Waals surface area (Å²) in [5, 5.41) is 13.6. The van der Waals surface area contributed by atoms with Gasteiger partial charge in [0, 0.05) is 37.4 Å². The monoisotopic (exact) mass is 549 g/mol. The third-order valence-corrected chi connectivity index (χ3v) is 9.01. The Balaban J connectivity index is 1.32. The van der Waals surface area contributed by atoms with E-state index in [4.69, 9.17) is 14.1 Å². The first-order valence-corrected chi connectivity index (χ1v) is 17.5. The van der Waals surface area contributed by atoms with E-state index in [1.54, 1.807) is 0 Å². The molecule has 1 N–H and O–H groups in total. The number of nitrogens with one attached hydrogen (secondary N) is 1. The highest BCUT2D eigenvalue weighted by Crippen LogP contribution is 2.38. The Labute approximate surface area is 235 Å². The lowest BCUT2D eigenvalue weighted by atomic mass is 10.0. The van der Waals surface area contributed by atoms with Crippen LogP contribution in [0.15, 0.2) is 77.3 Å². The van der Waals surface area contributed by atoms with E-state index in [0.29, 0.717) is 6.73 Å². The number of hydrogen-bond acceptors (Lipinski definition) is 6. The highest BCUT2D eigenvalue weighted by molar-refractivity contribution is 6.76. The van der Waals surface area contributed by atoms with E-state index in [1.165, 1.54) is 0 Å². The van der Waals surface area contributed by atoms with Gasteiger partial charge in [0.1, 0.15) is 23.3 Å². The van der Waals surface area contributed by atoms with Crippen molar-refractivity contribution in [3.8, 4) is 11.1 Å². The zero-order chi connectivity index (χ0) is 27.9. The van der Waals surface area contributed by atoms with Crippen LogP contribution >= 0.6 is 0 Å². The lowest BCUT2D eigenvalue weighted by Crippen LogP contribution is -2.22. The van der Waals surface area contributed by atoms with Gasteiger partial charge in [-0.15, -0.1) is 5.10 Å². The Kier molecular flexibility index (Phi) is 6.89.